The first-order chi connectivity index (χ1) is 12.2. The van der Waals surface area contributed by atoms with Gasteiger partial charge in [-0.05, 0) is 18.2 Å². The third-order valence-electron chi connectivity index (χ3n) is 4.37. The SMILES string of the molecule is Cl.Cl.NCCc1nc(-c2ccc3nc(N4CCNCC4)c(Cl)cc3c2)co1. The van der Waals surface area contributed by atoms with E-state index in [0.29, 0.717) is 23.9 Å². The summed E-state index contributed by atoms with van der Waals surface area (Å²) in [4.78, 5) is 11.5. The molecule has 3 aromatic rings. The molecule has 1 saturated heterocycles. The third-order valence-corrected chi connectivity index (χ3v) is 4.65. The van der Waals surface area contributed by atoms with Crippen LogP contribution in [-0.2, 0) is 6.42 Å². The number of oxazole rings is 1. The van der Waals surface area contributed by atoms with Crippen LogP contribution in [0, 0.1) is 0 Å². The zero-order chi connectivity index (χ0) is 17.2. The molecule has 27 heavy (non-hydrogen) atoms. The Morgan fingerprint density at radius 1 is 1.15 bits per heavy atom. The summed E-state index contributed by atoms with van der Waals surface area (Å²) in [5.74, 6) is 1.51. The quantitative estimate of drug-likeness (QED) is 0.661. The molecule has 3 heterocycles. The van der Waals surface area contributed by atoms with Gasteiger partial charge in [0.1, 0.15) is 17.8 Å². The summed E-state index contributed by atoms with van der Waals surface area (Å²) in [5.41, 5.74) is 8.25. The number of hydrogen-bond donors (Lipinski definition) is 2. The average Bonchev–Trinajstić information content (AvgIpc) is 3.10. The Hall–Kier alpha value is -1.57. The first-order valence-corrected chi connectivity index (χ1v) is 8.83. The summed E-state index contributed by atoms with van der Waals surface area (Å²) in [6.07, 6.45) is 2.30. The number of nitrogens with zero attached hydrogens (tertiary/aromatic N) is 3. The second kappa shape index (κ2) is 9.57. The first-order valence-electron chi connectivity index (χ1n) is 8.45. The molecule has 6 nitrogen and oxygen atoms in total. The standard InChI is InChI=1S/C18H20ClN5O.2ClH/c19-14-10-13-9-12(16-11-25-17(22-16)3-4-20)1-2-15(13)23-18(14)24-7-5-21-6-8-24;;/h1-2,9-11,21H,3-8,20H2;2*1H. The number of anilines is 1. The van der Waals surface area contributed by atoms with Crippen LogP contribution in [0.25, 0.3) is 22.2 Å². The highest BCUT2D eigenvalue weighted by molar-refractivity contribution is 6.33. The van der Waals surface area contributed by atoms with E-state index < -0.39 is 0 Å². The Kier molecular flexibility index (Phi) is 7.70. The number of benzene rings is 1. The Morgan fingerprint density at radius 3 is 2.67 bits per heavy atom. The summed E-state index contributed by atoms with van der Waals surface area (Å²) in [7, 11) is 0. The molecule has 2 aromatic heterocycles. The van der Waals surface area contributed by atoms with E-state index in [1.54, 1.807) is 6.26 Å². The summed E-state index contributed by atoms with van der Waals surface area (Å²) < 4.78 is 5.45. The summed E-state index contributed by atoms with van der Waals surface area (Å²) in [5, 5.41) is 5.01. The fourth-order valence-electron chi connectivity index (χ4n) is 3.08. The minimum atomic E-state index is 0. The van der Waals surface area contributed by atoms with Gasteiger partial charge in [-0.3, -0.25) is 0 Å². The zero-order valence-electron chi connectivity index (χ0n) is 14.7. The van der Waals surface area contributed by atoms with Gasteiger partial charge in [0.25, 0.3) is 0 Å². The molecule has 0 unspecified atom stereocenters. The number of rotatable bonds is 4. The lowest BCUT2D eigenvalue weighted by molar-refractivity contribution is 0.496. The number of fused-ring (bicyclic) bond motifs is 1. The smallest absolute Gasteiger partial charge is 0.195 e. The van der Waals surface area contributed by atoms with Crippen molar-refractivity contribution < 1.29 is 4.42 Å². The predicted molar refractivity (Wildman–Crippen MR) is 115 cm³/mol. The summed E-state index contributed by atoms with van der Waals surface area (Å²) in [6.45, 7) is 4.25. The van der Waals surface area contributed by atoms with E-state index >= 15 is 0 Å². The number of halogens is 3. The van der Waals surface area contributed by atoms with Crippen molar-refractivity contribution in [3.8, 4) is 11.3 Å². The van der Waals surface area contributed by atoms with E-state index in [4.69, 9.17) is 26.7 Å². The molecule has 0 saturated carbocycles. The van der Waals surface area contributed by atoms with Crippen molar-refractivity contribution in [2.45, 2.75) is 6.42 Å². The molecular weight excluding hydrogens is 409 g/mol. The lowest BCUT2D eigenvalue weighted by atomic mass is 10.1. The maximum absolute atomic E-state index is 6.51. The van der Waals surface area contributed by atoms with E-state index in [-0.39, 0.29) is 24.8 Å². The van der Waals surface area contributed by atoms with Crippen molar-refractivity contribution in [2.24, 2.45) is 5.73 Å². The number of piperazine rings is 1. The van der Waals surface area contributed by atoms with Crippen molar-refractivity contribution in [1.82, 2.24) is 15.3 Å². The molecule has 1 fully saturated rings. The molecule has 4 rings (SSSR count). The van der Waals surface area contributed by atoms with Crippen LogP contribution >= 0.6 is 36.4 Å². The lowest BCUT2D eigenvalue weighted by Gasteiger charge is -2.29. The molecular formula is C18H22Cl3N5O. The van der Waals surface area contributed by atoms with Crippen molar-refractivity contribution in [2.75, 3.05) is 37.6 Å². The fraction of sp³-hybridized carbons (Fsp3) is 0.333. The molecule has 1 aliphatic rings. The van der Waals surface area contributed by atoms with Gasteiger partial charge in [-0.25, -0.2) is 9.97 Å². The third kappa shape index (κ3) is 4.65. The van der Waals surface area contributed by atoms with Gasteiger partial charge in [0, 0.05) is 50.1 Å². The molecule has 0 aliphatic carbocycles. The highest BCUT2D eigenvalue weighted by Gasteiger charge is 2.16. The Morgan fingerprint density at radius 2 is 1.93 bits per heavy atom. The van der Waals surface area contributed by atoms with Gasteiger partial charge in [-0.1, -0.05) is 17.7 Å². The van der Waals surface area contributed by atoms with Crippen LogP contribution < -0.4 is 16.0 Å². The number of hydrogen-bond acceptors (Lipinski definition) is 6. The molecule has 1 aromatic carbocycles. The monoisotopic (exact) mass is 429 g/mol. The topological polar surface area (TPSA) is 80.2 Å². The largest absolute Gasteiger partial charge is 0.448 e. The number of pyridine rings is 1. The molecule has 1 aliphatic heterocycles. The highest BCUT2D eigenvalue weighted by atomic mass is 35.5. The van der Waals surface area contributed by atoms with Gasteiger partial charge in [-0.15, -0.1) is 24.8 Å². The van der Waals surface area contributed by atoms with Gasteiger partial charge < -0.3 is 20.4 Å². The fourth-order valence-corrected chi connectivity index (χ4v) is 3.36. The summed E-state index contributed by atoms with van der Waals surface area (Å²) >= 11 is 6.51. The maximum Gasteiger partial charge on any atom is 0.195 e. The van der Waals surface area contributed by atoms with E-state index in [2.05, 4.69) is 15.2 Å². The van der Waals surface area contributed by atoms with Crippen LogP contribution in [0.2, 0.25) is 5.02 Å². The second-order valence-electron chi connectivity index (χ2n) is 6.10. The highest BCUT2D eigenvalue weighted by Crippen LogP contribution is 2.30. The van der Waals surface area contributed by atoms with Crippen molar-refractivity contribution in [3.05, 3.63) is 41.4 Å². The van der Waals surface area contributed by atoms with Gasteiger partial charge in [-0.2, -0.15) is 0 Å². The molecule has 0 amide bonds. The molecule has 0 spiro atoms. The normalized spacial score (nSPS) is 13.9. The van der Waals surface area contributed by atoms with E-state index in [9.17, 15) is 0 Å². The summed E-state index contributed by atoms with van der Waals surface area (Å²) in [6, 6.07) is 8.03. The second-order valence-corrected chi connectivity index (χ2v) is 6.51. The van der Waals surface area contributed by atoms with Crippen LogP contribution in [-0.4, -0.2) is 42.7 Å². The van der Waals surface area contributed by atoms with Crippen LogP contribution in [0.3, 0.4) is 0 Å². The van der Waals surface area contributed by atoms with E-state index in [0.717, 1.165) is 54.2 Å². The van der Waals surface area contributed by atoms with E-state index in [1.807, 2.05) is 24.3 Å². The van der Waals surface area contributed by atoms with Crippen molar-refractivity contribution >= 4 is 53.1 Å². The van der Waals surface area contributed by atoms with Gasteiger partial charge in [0.05, 0.1) is 10.5 Å². The van der Waals surface area contributed by atoms with Crippen LogP contribution in [0.5, 0.6) is 0 Å². The number of nitrogens with two attached hydrogens (primary N) is 1. The zero-order valence-corrected chi connectivity index (χ0v) is 17.0. The Bertz CT molecular complexity index is 896. The average molecular weight is 431 g/mol. The van der Waals surface area contributed by atoms with E-state index in [1.165, 1.54) is 0 Å². The lowest BCUT2D eigenvalue weighted by Crippen LogP contribution is -2.44. The minimum Gasteiger partial charge on any atom is -0.448 e. The van der Waals surface area contributed by atoms with Crippen LogP contribution in [0.4, 0.5) is 5.82 Å². The molecule has 3 N–H and O–H groups in total. The Balaban J connectivity index is 0.00000131. The minimum absolute atomic E-state index is 0. The Labute approximate surface area is 175 Å². The number of aromatic nitrogens is 2. The van der Waals surface area contributed by atoms with Crippen LogP contribution in [0.1, 0.15) is 5.89 Å². The molecule has 9 heteroatoms. The van der Waals surface area contributed by atoms with Gasteiger partial charge >= 0.3 is 0 Å². The maximum atomic E-state index is 6.51. The van der Waals surface area contributed by atoms with Crippen molar-refractivity contribution in [1.29, 1.82) is 0 Å². The first kappa shape index (κ1) is 21.7. The molecule has 146 valence electrons. The molecule has 0 bridgehead atoms. The van der Waals surface area contributed by atoms with Crippen molar-refractivity contribution in [3.63, 3.8) is 0 Å². The molecule has 0 radical (unpaired) electrons. The number of nitrogens with one attached hydrogen (secondary N) is 1. The predicted octanol–water partition coefficient (Wildman–Crippen LogP) is 3.30. The van der Waals surface area contributed by atoms with Gasteiger partial charge in [0.2, 0.25) is 0 Å². The van der Waals surface area contributed by atoms with Crippen LogP contribution in [0.15, 0.2) is 34.9 Å². The molecule has 0 atom stereocenters. The van der Waals surface area contributed by atoms with Gasteiger partial charge in [0.15, 0.2) is 5.89 Å².